The van der Waals surface area contributed by atoms with E-state index in [-0.39, 0.29) is 16.6 Å². The molecule has 0 aliphatic rings. The number of benzene rings is 1. The number of carbonyl (C=O) groups is 1. The number of thiocarbonyl (C=S) groups is 1. The molecule has 0 fully saturated rings. The maximum atomic E-state index is 10.8. The number of halogens is 1. The van der Waals surface area contributed by atoms with E-state index in [1.165, 1.54) is 12.1 Å². The number of anilines is 1. The Labute approximate surface area is 110 Å². The Hall–Kier alpha value is -1.33. The average molecular weight is 273 g/mol. The first kappa shape index (κ1) is 13.7. The predicted molar refractivity (Wildman–Crippen MR) is 72.9 cm³/mol. The van der Waals surface area contributed by atoms with E-state index in [1.807, 2.05) is 13.8 Å². The Morgan fingerprint density at radius 1 is 1.47 bits per heavy atom. The smallest absolute Gasteiger partial charge is 0.337 e. The largest absolute Gasteiger partial charge is 0.478 e. The van der Waals surface area contributed by atoms with Crippen molar-refractivity contribution in [3.05, 3.63) is 28.8 Å². The highest BCUT2D eigenvalue weighted by atomic mass is 35.5. The van der Waals surface area contributed by atoms with Gasteiger partial charge >= 0.3 is 5.97 Å². The summed E-state index contributed by atoms with van der Waals surface area (Å²) in [6.45, 7) is 3.93. The Kier molecular flexibility index (Phi) is 4.72. The van der Waals surface area contributed by atoms with Gasteiger partial charge in [-0.15, -0.1) is 0 Å². The maximum Gasteiger partial charge on any atom is 0.337 e. The minimum Gasteiger partial charge on any atom is -0.478 e. The van der Waals surface area contributed by atoms with Gasteiger partial charge in [-0.05, 0) is 44.3 Å². The minimum atomic E-state index is -1.05. The molecule has 1 aromatic carbocycles. The molecule has 0 atom stereocenters. The van der Waals surface area contributed by atoms with Gasteiger partial charge in [0.2, 0.25) is 0 Å². The first-order chi connectivity index (χ1) is 7.90. The van der Waals surface area contributed by atoms with E-state index < -0.39 is 5.97 Å². The van der Waals surface area contributed by atoms with Gasteiger partial charge in [0.05, 0.1) is 10.6 Å². The van der Waals surface area contributed by atoms with Crippen LogP contribution in [0.15, 0.2) is 18.2 Å². The summed E-state index contributed by atoms with van der Waals surface area (Å²) >= 11 is 10.9. The molecule has 0 saturated heterocycles. The summed E-state index contributed by atoms with van der Waals surface area (Å²) in [5, 5.41) is 15.4. The lowest BCUT2D eigenvalue weighted by atomic mass is 10.2. The number of aromatic carboxylic acids is 1. The second kappa shape index (κ2) is 5.84. The lowest BCUT2D eigenvalue weighted by Gasteiger charge is -2.13. The number of carboxylic acids is 1. The number of hydrogen-bond donors (Lipinski definition) is 3. The van der Waals surface area contributed by atoms with Gasteiger partial charge in [0, 0.05) is 11.7 Å². The van der Waals surface area contributed by atoms with Crippen LogP contribution in [0.1, 0.15) is 24.2 Å². The molecule has 0 amide bonds. The zero-order valence-electron chi connectivity index (χ0n) is 9.45. The van der Waals surface area contributed by atoms with E-state index in [0.717, 1.165) is 0 Å². The van der Waals surface area contributed by atoms with Crippen molar-refractivity contribution >= 4 is 40.6 Å². The number of rotatable bonds is 3. The van der Waals surface area contributed by atoms with Crippen molar-refractivity contribution in [3.8, 4) is 0 Å². The number of hydrogen-bond acceptors (Lipinski definition) is 2. The molecular weight excluding hydrogens is 260 g/mol. The van der Waals surface area contributed by atoms with Crippen LogP contribution in [0.5, 0.6) is 0 Å². The standard InChI is InChI=1S/C11H13ClN2O2S/c1-6(2)13-11(17)14-7-3-4-8(10(15)16)9(12)5-7/h3-6H,1-2H3,(H,15,16)(H2,13,14,17). The van der Waals surface area contributed by atoms with Crippen molar-refractivity contribution in [2.75, 3.05) is 5.32 Å². The Balaban J connectivity index is 2.77. The number of carboxylic acid groups (broad SMARTS) is 1. The average Bonchev–Trinajstić information content (AvgIpc) is 2.15. The molecule has 0 aromatic heterocycles. The van der Waals surface area contributed by atoms with E-state index in [0.29, 0.717) is 10.8 Å². The van der Waals surface area contributed by atoms with Crippen LogP contribution < -0.4 is 10.6 Å². The lowest BCUT2D eigenvalue weighted by Crippen LogP contribution is -2.33. The quantitative estimate of drug-likeness (QED) is 0.739. The van der Waals surface area contributed by atoms with Crippen molar-refractivity contribution in [2.24, 2.45) is 0 Å². The summed E-state index contributed by atoms with van der Waals surface area (Å²) in [4.78, 5) is 10.8. The van der Waals surface area contributed by atoms with Crippen LogP contribution in [0, 0.1) is 0 Å². The Bertz CT molecular complexity index is 449. The zero-order chi connectivity index (χ0) is 13.0. The normalized spacial score (nSPS) is 10.1. The van der Waals surface area contributed by atoms with Gasteiger partial charge < -0.3 is 15.7 Å². The van der Waals surface area contributed by atoms with E-state index in [9.17, 15) is 4.79 Å². The fraction of sp³-hybridized carbons (Fsp3) is 0.273. The van der Waals surface area contributed by atoms with Crippen molar-refractivity contribution in [3.63, 3.8) is 0 Å². The third kappa shape index (κ3) is 4.20. The highest BCUT2D eigenvalue weighted by molar-refractivity contribution is 7.80. The van der Waals surface area contributed by atoms with Gasteiger partial charge in [0.1, 0.15) is 0 Å². The summed E-state index contributed by atoms with van der Waals surface area (Å²) in [5.41, 5.74) is 0.720. The fourth-order valence-electron chi connectivity index (χ4n) is 1.20. The molecule has 17 heavy (non-hydrogen) atoms. The molecule has 6 heteroatoms. The molecule has 0 heterocycles. The molecule has 0 unspecified atom stereocenters. The van der Waals surface area contributed by atoms with Crippen molar-refractivity contribution < 1.29 is 9.90 Å². The molecule has 1 rings (SSSR count). The monoisotopic (exact) mass is 272 g/mol. The minimum absolute atomic E-state index is 0.0694. The van der Waals surface area contributed by atoms with Crippen LogP contribution in [0.2, 0.25) is 5.02 Å². The highest BCUT2D eigenvalue weighted by Gasteiger charge is 2.09. The fourth-order valence-corrected chi connectivity index (χ4v) is 1.81. The van der Waals surface area contributed by atoms with Crippen molar-refractivity contribution in [2.45, 2.75) is 19.9 Å². The summed E-state index contributed by atoms with van der Waals surface area (Å²) in [6.07, 6.45) is 0. The highest BCUT2D eigenvalue weighted by Crippen LogP contribution is 2.20. The van der Waals surface area contributed by atoms with E-state index in [4.69, 9.17) is 28.9 Å². The molecule has 0 saturated carbocycles. The zero-order valence-corrected chi connectivity index (χ0v) is 11.0. The van der Waals surface area contributed by atoms with Crippen LogP contribution in [0.4, 0.5) is 5.69 Å². The molecule has 92 valence electrons. The van der Waals surface area contributed by atoms with Crippen molar-refractivity contribution in [1.82, 2.24) is 5.32 Å². The van der Waals surface area contributed by atoms with Gasteiger partial charge in [-0.25, -0.2) is 4.79 Å². The van der Waals surface area contributed by atoms with Crippen molar-refractivity contribution in [1.29, 1.82) is 0 Å². The topological polar surface area (TPSA) is 61.4 Å². The van der Waals surface area contributed by atoms with Gasteiger partial charge in [-0.1, -0.05) is 11.6 Å². The lowest BCUT2D eigenvalue weighted by molar-refractivity contribution is 0.0697. The molecule has 0 aliphatic carbocycles. The second-order valence-electron chi connectivity index (χ2n) is 3.75. The molecule has 1 aromatic rings. The molecule has 4 nitrogen and oxygen atoms in total. The van der Waals surface area contributed by atoms with E-state index in [1.54, 1.807) is 6.07 Å². The Morgan fingerprint density at radius 3 is 2.59 bits per heavy atom. The molecule has 0 aliphatic heterocycles. The third-order valence-corrected chi connectivity index (χ3v) is 2.41. The van der Waals surface area contributed by atoms with E-state index in [2.05, 4.69) is 10.6 Å². The third-order valence-electron chi connectivity index (χ3n) is 1.88. The first-order valence-electron chi connectivity index (χ1n) is 5.00. The van der Waals surface area contributed by atoms with Crippen LogP contribution in [0.25, 0.3) is 0 Å². The van der Waals surface area contributed by atoms with Gasteiger partial charge in [0.25, 0.3) is 0 Å². The molecule has 0 radical (unpaired) electrons. The summed E-state index contributed by atoms with van der Waals surface area (Å²) in [6, 6.07) is 4.80. The van der Waals surface area contributed by atoms with Crippen LogP contribution in [-0.2, 0) is 0 Å². The molecule has 0 spiro atoms. The summed E-state index contributed by atoms with van der Waals surface area (Å²) < 4.78 is 0. The van der Waals surface area contributed by atoms with Crippen LogP contribution >= 0.6 is 23.8 Å². The maximum absolute atomic E-state index is 10.8. The molecular formula is C11H13ClN2O2S. The summed E-state index contributed by atoms with van der Waals surface area (Å²) in [5.74, 6) is -1.05. The number of nitrogens with one attached hydrogen (secondary N) is 2. The molecule has 0 bridgehead atoms. The molecule has 3 N–H and O–H groups in total. The van der Waals surface area contributed by atoms with Crippen LogP contribution in [0.3, 0.4) is 0 Å². The first-order valence-corrected chi connectivity index (χ1v) is 5.79. The van der Waals surface area contributed by atoms with Crippen LogP contribution in [-0.4, -0.2) is 22.2 Å². The van der Waals surface area contributed by atoms with Gasteiger partial charge in [-0.3, -0.25) is 0 Å². The van der Waals surface area contributed by atoms with E-state index >= 15 is 0 Å². The van der Waals surface area contributed by atoms with Gasteiger partial charge in [0.15, 0.2) is 5.11 Å². The Morgan fingerprint density at radius 2 is 2.12 bits per heavy atom. The predicted octanol–water partition coefficient (Wildman–Crippen LogP) is 2.73. The second-order valence-corrected chi connectivity index (χ2v) is 4.57. The SMILES string of the molecule is CC(C)NC(=S)Nc1ccc(C(=O)O)c(Cl)c1. The van der Waals surface area contributed by atoms with Gasteiger partial charge in [-0.2, -0.15) is 0 Å². The summed E-state index contributed by atoms with van der Waals surface area (Å²) in [7, 11) is 0.